The normalized spacial score (nSPS) is 25.7. The van der Waals surface area contributed by atoms with Gasteiger partial charge in [0, 0.05) is 12.6 Å². The van der Waals surface area contributed by atoms with Crippen molar-refractivity contribution >= 4 is 5.97 Å². The number of carbonyl (C=O) groups is 1. The Morgan fingerprint density at radius 3 is 2.78 bits per heavy atom. The monoisotopic (exact) mass is 379 g/mol. The van der Waals surface area contributed by atoms with Crippen LogP contribution in [0.25, 0.3) is 0 Å². The molecule has 150 valence electrons. The number of aromatic nitrogens is 2. The second-order valence-corrected chi connectivity index (χ2v) is 7.16. The molecule has 2 aliphatic rings. The second kappa shape index (κ2) is 9.32. The molecule has 0 unspecified atom stereocenters. The molecule has 8 heteroatoms. The van der Waals surface area contributed by atoms with Gasteiger partial charge in [0.15, 0.2) is 23.9 Å². The van der Waals surface area contributed by atoms with Crippen molar-refractivity contribution in [1.29, 1.82) is 5.41 Å². The molecule has 27 heavy (non-hydrogen) atoms. The summed E-state index contributed by atoms with van der Waals surface area (Å²) in [5.41, 5.74) is 0.0902. The first-order chi connectivity index (χ1) is 13.1. The number of aliphatic hydroxyl groups is 1. The Labute approximate surface area is 159 Å². The first kappa shape index (κ1) is 19.8. The summed E-state index contributed by atoms with van der Waals surface area (Å²) < 4.78 is 18.8. The Kier molecular flexibility index (Phi) is 6.84. The highest BCUT2D eigenvalue weighted by Crippen LogP contribution is 2.40. The molecule has 8 nitrogen and oxygen atoms in total. The van der Waals surface area contributed by atoms with Crippen molar-refractivity contribution in [2.24, 2.45) is 0 Å². The van der Waals surface area contributed by atoms with Crippen molar-refractivity contribution in [3.05, 3.63) is 17.8 Å². The molecule has 0 bridgehead atoms. The molecule has 0 spiro atoms. The van der Waals surface area contributed by atoms with Crippen LogP contribution in [0, 0.1) is 5.41 Å². The molecule has 2 aliphatic heterocycles. The van der Waals surface area contributed by atoms with Gasteiger partial charge in [-0.1, -0.05) is 45.4 Å². The standard InChI is InChI=1S/C19H29N3O5/c1-2-3-4-5-6-7-8-9-15(24)26-16-13(12-23)25-18-17(16)27-19-21-14(20)10-11-22(18)19/h10-11,13,16-18,20,23H,2-9,12H2,1H3/t13-,16+,17+,18-/m1/s1. The van der Waals surface area contributed by atoms with Gasteiger partial charge in [-0.25, -0.2) is 0 Å². The van der Waals surface area contributed by atoms with E-state index in [1.807, 2.05) is 0 Å². The van der Waals surface area contributed by atoms with Crippen molar-refractivity contribution in [3.8, 4) is 6.01 Å². The van der Waals surface area contributed by atoms with E-state index in [0.29, 0.717) is 6.42 Å². The summed E-state index contributed by atoms with van der Waals surface area (Å²) in [4.78, 5) is 16.3. The summed E-state index contributed by atoms with van der Waals surface area (Å²) in [7, 11) is 0. The van der Waals surface area contributed by atoms with E-state index in [0.717, 1.165) is 19.3 Å². The van der Waals surface area contributed by atoms with E-state index in [-0.39, 0.29) is 24.1 Å². The highest BCUT2D eigenvalue weighted by atomic mass is 16.7. The van der Waals surface area contributed by atoms with Crippen LogP contribution < -0.4 is 10.2 Å². The highest BCUT2D eigenvalue weighted by Gasteiger charge is 2.53. The average molecular weight is 379 g/mol. The van der Waals surface area contributed by atoms with E-state index in [4.69, 9.17) is 19.6 Å². The van der Waals surface area contributed by atoms with Gasteiger partial charge in [0.05, 0.1) is 6.61 Å². The number of nitrogens with zero attached hydrogens (tertiary/aromatic N) is 2. The first-order valence-electron chi connectivity index (χ1n) is 9.90. The van der Waals surface area contributed by atoms with E-state index in [2.05, 4.69) is 11.9 Å². The highest BCUT2D eigenvalue weighted by molar-refractivity contribution is 5.69. The van der Waals surface area contributed by atoms with Gasteiger partial charge in [0.2, 0.25) is 0 Å². The molecule has 3 heterocycles. The lowest BCUT2D eigenvalue weighted by Crippen LogP contribution is -2.39. The molecule has 1 aromatic heterocycles. The van der Waals surface area contributed by atoms with Gasteiger partial charge in [0.1, 0.15) is 6.10 Å². The SMILES string of the molecule is CCCCCCCCCC(=O)O[C@@H]1[C@@H]2Oc3nc(=N)ccn3[C@@H]2O[C@@H]1CO. The third-order valence-electron chi connectivity index (χ3n) is 5.06. The number of hydrogen-bond donors (Lipinski definition) is 2. The Bertz CT molecular complexity index is 692. The van der Waals surface area contributed by atoms with E-state index in [1.165, 1.54) is 31.7 Å². The van der Waals surface area contributed by atoms with Crippen LogP contribution in [0.2, 0.25) is 0 Å². The van der Waals surface area contributed by atoms with Crippen LogP contribution in [0.1, 0.15) is 64.5 Å². The summed E-state index contributed by atoms with van der Waals surface area (Å²) in [5.74, 6) is -0.296. The summed E-state index contributed by atoms with van der Waals surface area (Å²) >= 11 is 0. The third-order valence-corrected chi connectivity index (χ3v) is 5.06. The maximum absolute atomic E-state index is 12.2. The minimum Gasteiger partial charge on any atom is -0.455 e. The van der Waals surface area contributed by atoms with Crippen molar-refractivity contribution in [2.45, 2.75) is 82.8 Å². The number of ether oxygens (including phenoxy) is 3. The Hall–Kier alpha value is -1.93. The van der Waals surface area contributed by atoms with Gasteiger partial charge < -0.3 is 19.3 Å². The summed E-state index contributed by atoms with van der Waals surface area (Å²) in [5, 5.41) is 17.2. The zero-order valence-electron chi connectivity index (χ0n) is 15.8. The van der Waals surface area contributed by atoms with Gasteiger partial charge in [-0.3, -0.25) is 14.8 Å². The Morgan fingerprint density at radius 2 is 2.04 bits per heavy atom. The molecule has 4 atom stereocenters. The van der Waals surface area contributed by atoms with Gasteiger partial charge in [-0.15, -0.1) is 0 Å². The van der Waals surface area contributed by atoms with Gasteiger partial charge in [-0.2, -0.15) is 4.98 Å². The van der Waals surface area contributed by atoms with Crippen LogP contribution in [0.4, 0.5) is 0 Å². The van der Waals surface area contributed by atoms with Crippen LogP contribution in [0.15, 0.2) is 12.3 Å². The lowest BCUT2D eigenvalue weighted by Gasteiger charge is -2.20. The summed E-state index contributed by atoms with van der Waals surface area (Å²) in [6.45, 7) is 1.94. The van der Waals surface area contributed by atoms with Crippen LogP contribution in [-0.2, 0) is 14.3 Å². The van der Waals surface area contributed by atoms with Crippen LogP contribution in [0.3, 0.4) is 0 Å². The Morgan fingerprint density at radius 1 is 1.30 bits per heavy atom. The van der Waals surface area contributed by atoms with Gasteiger partial charge in [0.25, 0.3) is 0 Å². The van der Waals surface area contributed by atoms with Crippen molar-refractivity contribution in [2.75, 3.05) is 6.61 Å². The van der Waals surface area contributed by atoms with Crippen molar-refractivity contribution < 1.29 is 24.1 Å². The van der Waals surface area contributed by atoms with E-state index < -0.39 is 24.5 Å². The third kappa shape index (κ3) is 4.68. The van der Waals surface area contributed by atoms with Crippen molar-refractivity contribution in [3.63, 3.8) is 0 Å². The summed E-state index contributed by atoms with van der Waals surface area (Å²) in [6.07, 6.45) is 7.55. The molecule has 0 aliphatic carbocycles. The fourth-order valence-corrected chi connectivity index (χ4v) is 3.60. The molecule has 1 fully saturated rings. The average Bonchev–Trinajstić information content (AvgIpc) is 3.16. The smallest absolute Gasteiger partial charge is 0.306 e. The topological polar surface area (TPSA) is 107 Å². The molecule has 0 aromatic carbocycles. The number of aliphatic hydroxyl groups excluding tert-OH is 1. The molecule has 3 rings (SSSR count). The number of unbranched alkanes of at least 4 members (excludes halogenated alkanes) is 6. The number of fused-ring (bicyclic) bond motifs is 3. The molecular weight excluding hydrogens is 350 g/mol. The maximum Gasteiger partial charge on any atom is 0.306 e. The second-order valence-electron chi connectivity index (χ2n) is 7.16. The minimum atomic E-state index is -0.687. The number of carbonyl (C=O) groups excluding carboxylic acids is 1. The summed E-state index contributed by atoms with van der Waals surface area (Å²) in [6, 6.07) is 1.80. The number of hydrogen-bond acceptors (Lipinski definition) is 7. The molecule has 0 amide bonds. The van der Waals surface area contributed by atoms with Gasteiger partial charge in [-0.05, 0) is 12.5 Å². The minimum absolute atomic E-state index is 0.0902. The van der Waals surface area contributed by atoms with Crippen LogP contribution >= 0.6 is 0 Å². The van der Waals surface area contributed by atoms with Crippen LogP contribution in [-0.4, -0.2) is 45.5 Å². The molecule has 1 saturated heterocycles. The maximum atomic E-state index is 12.2. The first-order valence-corrected chi connectivity index (χ1v) is 9.90. The number of esters is 1. The lowest BCUT2D eigenvalue weighted by atomic mass is 10.1. The number of rotatable bonds is 10. The lowest BCUT2D eigenvalue weighted by molar-refractivity contribution is -0.156. The van der Waals surface area contributed by atoms with E-state index in [9.17, 15) is 9.90 Å². The predicted octanol–water partition coefficient (Wildman–Crippen LogP) is 2.07. The molecule has 1 aromatic rings. The molecule has 2 N–H and O–H groups in total. The zero-order valence-corrected chi connectivity index (χ0v) is 15.8. The predicted molar refractivity (Wildman–Crippen MR) is 96.0 cm³/mol. The quantitative estimate of drug-likeness (QED) is 0.476. The Balaban J connectivity index is 1.49. The van der Waals surface area contributed by atoms with E-state index >= 15 is 0 Å². The van der Waals surface area contributed by atoms with Crippen LogP contribution in [0.5, 0.6) is 6.01 Å². The fourth-order valence-electron chi connectivity index (χ4n) is 3.60. The van der Waals surface area contributed by atoms with Gasteiger partial charge >= 0.3 is 12.0 Å². The fraction of sp³-hybridized carbons (Fsp3) is 0.737. The van der Waals surface area contributed by atoms with Crippen molar-refractivity contribution in [1.82, 2.24) is 9.55 Å². The number of nitrogens with one attached hydrogen (secondary N) is 1. The molecule has 0 radical (unpaired) electrons. The van der Waals surface area contributed by atoms with E-state index in [1.54, 1.807) is 10.8 Å². The zero-order chi connectivity index (χ0) is 19.2. The molecule has 0 saturated carbocycles. The molecular formula is C19H29N3O5. The largest absolute Gasteiger partial charge is 0.455 e.